The van der Waals surface area contributed by atoms with E-state index in [2.05, 4.69) is 17.3 Å². The van der Waals surface area contributed by atoms with Crippen LogP contribution >= 0.6 is 0 Å². The molecule has 6 heteroatoms. The fraction of sp³-hybridized carbons (Fsp3) is 0.643. The van der Waals surface area contributed by atoms with Gasteiger partial charge in [0.25, 0.3) is 5.91 Å². The maximum Gasteiger partial charge on any atom is 0.303 e. The summed E-state index contributed by atoms with van der Waals surface area (Å²) < 4.78 is 1.93. The highest BCUT2D eigenvalue weighted by Gasteiger charge is 2.32. The van der Waals surface area contributed by atoms with Crippen LogP contribution in [0.4, 0.5) is 0 Å². The molecule has 1 aliphatic rings. The van der Waals surface area contributed by atoms with Crippen LogP contribution in [-0.4, -0.2) is 33.3 Å². The third-order valence-corrected chi connectivity index (χ3v) is 3.38. The molecule has 0 radical (unpaired) electrons. The highest BCUT2D eigenvalue weighted by atomic mass is 16.4. The summed E-state index contributed by atoms with van der Waals surface area (Å²) in [4.78, 5) is 22.6. The maximum absolute atomic E-state index is 12.1. The number of nitrogens with zero attached hydrogens (tertiary/aromatic N) is 2. The van der Waals surface area contributed by atoms with Gasteiger partial charge in [-0.2, -0.15) is 5.10 Å². The second kappa shape index (κ2) is 6.54. The second-order valence-corrected chi connectivity index (χ2v) is 5.19. The van der Waals surface area contributed by atoms with Gasteiger partial charge in [0, 0.05) is 25.4 Å². The molecule has 1 aromatic heterocycles. The normalized spacial score (nSPS) is 14.2. The molecule has 0 aliphatic heterocycles. The molecule has 0 bridgehead atoms. The zero-order chi connectivity index (χ0) is 14.5. The zero-order valence-electron chi connectivity index (χ0n) is 11.8. The number of carbonyl (C=O) groups excluding carboxylic acids is 1. The topological polar surface area (TPSA) is 84.2 Å². The van der Waals surface area contributed by atoms with Crippen LogP contribution in [0.15, 0.2) is 6.20 Å². The molecule has 0 unspecified atom stereocenters. The Morgan fingerprint density at radius 1 is 1.50 bits per heavy atom. The quantitative estimate of drug-likeness (QED) is 0.710. The summed E-state index contributed by atoms with van der Waals surface area (Å²) in [5, 5.41) is 15.6. The summed E-state index contributed by atoms with van der Waals surface area (Å²) in [7, 11) is 0. The van der Waals surface area contributed by atoms with E-state index in [1.165, 1.54) is 0 Å². The first-order valence-corrected chi connectivity index (χ1v) is 7.19. The standard InChI is InChI=1S/C14H21N3O3/c1-2-8-17-13(10-5-6-10)11(9-16-17)14(20)15-7-3-4-12(18)19/h9-10H,2-8H2,1H3,(H,15,20)(H,18,19). The summed E-state index contributed by atoms with van der Waals surface area (Å²) in [5.41, 5.74) is 1.69. The molecule has 1 saturated carbocycles. The summed E-state index contributed by atoms with van der Waals surface area (Å²) >= 11 is 0. The molecule has 1 fully saturated rings. The van der Waals surface area contributed by atoms with Crippen LogP contribution in [0.1, 0.15) is 61.0 Å². The van der Waals surface area contributed by atoms with Crippen molar-refractivity contribution in [2.45, 2.75) is 51.5 Å². The van der Waals surface area contributed by atoms with Gasteiger partial charge in [-0.05, 0) is 25.7 Å². The number of carboxylic acid groups (broad SMARTS) is 1. The van der Waals surface area contributed by atoms with E-state index in [9.17, 15) is 9.59 Å². The largest absolute Gasteiger partial charge is 0.481 e. The van der Waals surface area contributed by atoms with Gasteiger partial charge in [0.15, 0.2) is 0 Å². The average molecular weight is 279 g/mol. The van der Waals surface area contributed by atoms with Gasteiger partial charge in [0.1, 0.15) is 0 Å². The van der Waals surface area contributed by atoms with Crippen LogP contribution in [0.2, 0.25) is 0 Å². The Balaban J connectivity index is 1.97. The molecule has 6 nitrogen and oxygen atoms in total. The first kappa shape index (κ1) is 14.6. The number of hydrogen-bond acceptors (Lipinski definition) is 3. The molecular weight excluding hydrogens is 258 g/mol. The average Bonchev–Trinajstić information content (AvgIpc) is 3.16. The summed E-state index contributed by atoms with van der Waals surface area (Å²) in [5.74, 6) is -0.517. The number of nitrogens with one attached hydrogen (secondary N) is 1. The minimum absolute atomic E-state index is 0.0743. The third kappa shape index (κ3) is 3.59. The van der Waals surface area contributed by atoms with E-state index in [1.807, 2.05) is 4.68 Å². The molecule has 1 amide bonds. The summed E-state index contributed by atoms with van der Waals surface area (Å²) in [6, 6.07) is 0. The molecule has 0 aromatic carbocycles. The molecule has 20 heavy (non-hydrogen) atoms. The monoisotopic (exact) mass is 279 g/mol. The second-order valence-electron chi connectivity index (χ2n) is 5.19. The van der Waals surface area contributed by atoms with Crippen molar-refractivity contribution in [2.24, 2.45) is 0 Å². The number of hydrogen-bond donors (Lipinski definition) is 2. The Hall–Kier alpha value is -1.85. The lowest BCUT2D eigenvalue weighted by Gasteiger charge is -2.08. The van der Waals surface area contributed by atoms with Crippen molar-refractivity contribution in [2.75, 3.05) is 6.54 Å². The van der Waals surface area contributed by atoms with Crippen LogP contribution in [0.5, 0.6) is 0 Å². The van der Waals surface area contributed by atoms with Gasteiger partial charge in [0.05, 0.1) is 17.5 Å². The van der Waals surface area contributed by atoms with Crippen LogP contribution in [0.3, 0.4) is 0 Å². The van der Waals surface area contributed by atoms with Crippen LogP contribution in [0, 0.1) is 0 Å². The van der Waals surface area contributed by atoms with Gasteiger partial charge in [-0.25, -0.2) is 0 Å². The maximum atomic E-state index is 12.1. The highest BCUT2D eigenvalue weighted by Crippen LogP contribution is 2.41. The molecular formula is C14H21N3O3. The smallest absolute Gasteiger partial charge is 0.303 e. The van der Waals surface area contributed by atoms with Gasteiger partial charge in [-0.1, -0.05) is 6.92 Å². The van der Waals surface area contributed by atoms with Crippen molar-refractivity contribution in [3.8, 4) is 0 Å². The van der Waals surface area contributed by atoms with Crippen molar-refractivity contribution in [3.63, 3.8) is 0 Å². The van der Waals surface area contributed by atoms with Gasteiger partial charge >= 0.3 is 5.97 Å². The van der Waals surface area contributed by atoms with Gasteiger partial charge < -0.3 is 10.4 Å². The van der Waals surface area contributed by atoms with Gasteiger partial charge in [0.2, 0.25) is 0 Å². The fourth-order valence-corrected chi connectivity index (χ4v) is 2.28. The van der Waals surface area contributed by atoms with Gasteiger partial charge in [-0.15, -0.1) is 0 Å². The van der Waals surface area contributed by atoms with E-state index in [4.69, 9.17) is 5.11 Å². The molecule has 1 heterocycles. The lowest BCUT2D eigenvalue weighted by atomic mass is 10.1. The Bertz CT molecular complexity index is 492. The fourth-order valence-electron chi connectivity index (χ4n) is 2.28. The minimum atomic E-state index is -0.839. The van der Waals surface area contributed by atoms with Crippen LogP contribution in [-0.2, 0) is 11.3 Å². The van der Waals surface area contributed by atoms with E-state index < -0.39 is 5.97 Å². The number of aromatic nitrogens is 2. The summed E-state index contributed by atoms with van der Waals surface area (Å²) in [6.45, 7) is 3.30. The number of aryl methyl sites for hydroxylation is 1. The van der Waals surface area contributed by atoms with Crippen LogP contribution < -0.4 is 5.32 Å². The van der Waals surface area contributed by atoms with Crippen molar-refractivity contribution < 1.29 is 14.7 Å². The molecule has 0 saturated heterocycles. The molecule has 110 valence electrons. The van der Waals surface area contributed by atoms with E-state index in [-0.39, 0.29) is 12.3 Å². The van der Waals surface area contributed by atoms with E-state index >= 15 is 0 Å². The van der Waals surface area contributed by atoms with E-state index in [0.717, 1.165) is 31.5 Å². The number of amides is 1. The van der Waals surface area contributed by atoms with Crippen LogP contribution in [0.25, 0.3) is 0 Å². The third-order valence-electron chi connectivity index (χ3n) is 3.38. The number of rotatable bonds is 8. The molecule has 2 N–H and O–H groups in total. The minimum Gasteiger partial charge on any atom is -0.481 e. The first-order valence-electron chi connectivity index (χ1n) is 7.19. The van der Waals surface area contributed by atoms with Gasteiger partial charge in [-0.3, -0.25) is 14.3 Å². The van der Waals surface area contributed by atoms with Crippen molar-refractivity contribution in [1.29, 1.82) is 0 Å². The van der Waals surface area contributed by atoms with E-state index in [0.29, 0.717) is 24.4 Å². The predicted octanol–water partition coefficient (Wildman–Crippen LogP) is 1.77. The molecule has 1 aromatic rings. The number of carboxylic acids is 1. The SMILES string of the molecule is CCCn1ncc(C(=O)NCCCC(=O)O)c1C1CC1. The number of carbonyl (C=O) groups is 2. The number of aliphatic carboxylic acids is 1. The van der Waals surface area contributed by atoms with Crippen molar-refractivity contribution in [1.82, 2.24) is 15.1 Å². The predicted molar refractivity (Wildman–Crippen MR) is 73.7 cm³/mol. The van der Waals surface area contributed by atoms with Crippen molar-refractivity contribution >= 4 is 11.9 Å². The molecule has 0 atom stereocenters. The van der Waals surface area contributed by atoms with Crippen molar-refractivity contribution in [3.05, 3.63) is 17.5 Å². The Morgan fingerprint density at radius 2 is 2.25 bits per heavy atom. The Morgan fingerprint density at radius 3 is 2.85 bits per heavy atom. The summed E-state index contributed by atoms with van der Waals surface area (Å²) in [6.07, 6.45) is 5.38. The molecule has 0 spiro atoms. The lowest BCUT2D eigenvalue weighted by molar-refractivity contribution is -0.137. The zero-order valence-corrected chi connectivity index (χ0v) is 11.8. The lowest BCUT2D eigenvalue weighted by Crippen LogP contribution is -2.25. The Kier molecular flexibility index (Phi) is 4.76. The molecule has 2 rings (SSSR count). The van der Waals surface area contributed by atoms with E-state index in [1.54, 1.807) is 6.20 Å². The Labute approximate surface area is 118 Å². The molecule has 1 aliphatic carbocycles. The first-order chi connectivity index (χ1) is 9.63. The highest BCUT2D eigenvalue weighted by molar-refractivity contribution is 5.95.